The molecule has 2 atom stereocenters. The lowest BCUT2D eigenvalue weighted by molar-refractivity contribution is -0.129. The zero-order valence-corrected chi connectivity index (χ0v) is 19.8. The maximum Gasteiger partial charge on any atom is 0.339 e. The van der Waals surface area contributed by atoms with Crippen LogP contribution in [0.25, 0.3) is 0 Å². The average molecular weight is 477 g/mol. The van der Waals surface area contributed by atoms with Gasteiger partial charge < -0.3 is 10.1 Å². The molecule has 1 aliphatic heterocycles. The van der Waals surface area contributed by atoms with Crippen LogP contribution in [0.2, 0.25) is 0 Å². The first kappa shape index (κ1) is 24.9. The number of hydrogen-bond acceptors (Lipinski definition) is 5. The molecule has 2 aromatic carbocycles. The van der Waals surface area contributed by atoms with Crippen molar-refractivity contribution in [3.63, 3.8) is 0 Å². The largest absolute Gasteiger partial charge is 0.449 e. The van der Waals surface area contributed by atoms with Gasteiger partial charge in [0.15, 0.2) is 6.10 Å². The van der Waals surface area contributed by atoms with Crippen molar-refractivity contribution >= 4 is 21.9 Å². The summed E-state index contributed by atoms with van der Waals surface area (Å²) in [5, 5.41) is 2.72. The van der Waals surface area contributed by atoms with Crippen molar-refractivity contribution in [1.82, 2.24) is 9.62 Å². The standard InChI is InChI=1S/C24H29FN2O5S/c1-16-7-12-21(33(30,31)27-13-5-4-6-14-27)15-22(16)24(29)32-18(3)23(28)26-17(2)19-8-10-20(25)11-9-19/h7-12,15,17-18H,4-6,13-14H2,1-3H3,(H,26,28)/t17-,18-/m0/s1. The second kappa shape index (κ2) is 10.4. The second-order valence-corrected chi connectivity index (χ2v) is 10.2. The van der Waals surface area contributed by atoms with Crippen molar-refractivity contribution in [2.75, 3.05) is 13.1 Å². The van der Waals surface area contributed by atoms with Crippen LogP contribution >= 0.6 is 0 Å². The molecule has 1 heterocycles. The molecular weight excluding hydrogens is 447 g/mol. The van der Waals surface area contributed by atoms with E-state index in [1.165, 1.54) is 35.5 Å². The second-order valence-electron chi connectivity index (χ2n) is 8.27. The maximum absolute atomic E-state index is 13.1. The summed E-state index contributed by atoms with van der Waals surface area (Å²) in [5.41, 5.74) is 1.35. The van der Waals surface area contributed by atoms with Gasteiger partial charge in [0.1, 0.15) is 5.82 Å². The molecule has 0 aliphatic carbocycles. The fourth-order valence-electron chi connectivity index (χ4n) is 3.68. The molecular formula is C24H29FN2O5S. The van der Waals surface area contributed by atoms with E-state index in [4.69, 9.17) is 4.74 Å². The van der Waals surface area contributed by atoms with E-state index >= 15 is 0 Å². The Morgan fingerprint density at radius 2 is 1.67 bits per heavy atom. The van der Waals surface area contributed by atoms with Crippen LogP contribution in [0.1, 0.15) is 60.6 Å². The Morgan fingerprint density at radius 1 is 1.03 bits per heavy atom. The molecule has 1 aliphatic rings. The topological polar surface area (TPSA) is 92.8 Å². The summed E-state index contributed by atoms with van der Waals surface area (Å²) in [6, 6.07) is 9.67. The molecule has 1 N–H and O–H groups in total. The van der Waals surface area contributed by atoms with E-state index in [1.54, 1.807) is 32.0 Å². The molecule has 0 bridgehead atoms. The third kappa shape index (κ3) is 5.97. The van der Waals surface area contributed by atoms with Crippen molar-refractivity contribution < 1.29 is 27.1 Å². The number of piperidine rings is 1. The molecule has 3 rings (SSSR count). The lowest BCUT2D eigenvalue weighted by Gasteiger charge is -2.26. The van der Waals surface area contributed by atoms with Crippen molar-refractivity contribution in [1.29, 1.82) is 0 Å². The highest BCUT2D eigenvalue weighted by molar-refractivity contribution is 7.89. The van der Waals surface area contributed by atoms with Gasteiger partial charge in [0.2, 0.25) is 10.0 Å². The number of rotatable bonds is 7. The number of amides is 1. The summed E-state index contributed by atoms with van der Waals surface area (Å²) >= 11 is 0. The molecule has 0 unspecified atom stereocenters. The fraction of sp³-hybridized carbons (Fsp3) is 0.417. The Balaban J connectivity index is 1.69. The van der Waals surface area contributed by atoms with Crippen LogP contribution < -0.4 is 5.32 Å². The third-order valence-electron chi connectivity index (χ3n) is 5.76. The normalized spacial score (nSPS) is 16.6. The number of carbonyl (C=O) groups is 2. The molecule has 33 heavy (non-hydrogen) atoms. The van der Waals surface area contributed by atoms with Gasteiger partial charge in [0, 0.05) is 13.1 Å². The molecule has 2 aromatic rings. The van der Waals surface area contributed by atoms with Crippen LogP contribution in [0.3, 0.4) is 0 Å². The molecule has 0 radical (unpaired) electrons. The Kier molecular flexibility index (Phi) is 7.86. The van der Waals surface area contributed by atoms with Crippen LogP contribution in [0, 0.1) is 12.7 Å². The van der Waals surface area contributed by atoms with E-state index < -0.39 is 34.0 Å². The lowest BCUT2D eigenvalue weighted by Crippen LogP contribution is -2.37. The Morgan fingerprint density at radius 3 is 2.30 bits per heavy atom. The number of benzene rings is 2. The molecule has 1 amide bonds. The number of halogens is 1. The summed E-state index contributed by atoms with van der Waals surface area (Å²) < 4.78 is 45.8. The predicted molar refractivity (Wildman–Crippen MR) is 122 cm³/mol. The van der Waals surface area contributed by atoms with Gasteiger partial charge in [-0.15, -0.1) is 0 Å². The number of sulfonamides is 1. The van der Waals surface area contributed by atoms with Gasteiger partial charge in [0.25, 0.3) is 5.91 Å². The summed E-state index contributed by atoms with van der Waals surface area (Å²) in [5.74, 6) is -1.67. The highest BCUT2D eigenvalue weighted by atomic mass is 32.2. The minimum Gasteiger partial charge on any atom is -0.449 e. The predicted octanol–water partition coefficient (Wildman–Crippen LogP) is 3.73. The van der Waals surface area contributed by atoms with Crippen molar-refractivity contribution in [3.05, 3.63) is 65.0 Å². The van der Waals surface area contributed by atoms with Gasteiger partial charge in [-0.1, -0.05) is 24.6 Å². The molecule has 0 aromatic heterocycles. The van der Waals surface area contributed by atoms with E-state index in [0.717, 1.165) is 19.3 Å². The summed E-state index contributed by atoms with van der Waals surface area (Å²) in [6.45, 7) is 5.77. The lowest BCUT2D eigenvalue weighted by atomic mass is 10.1. The number of carbonyl (C=O) groups excluding carboxylic acids is 2. The number of aryl methyl sites for hydroxylation is 1. The first-order chi connectivity index (χ1) is 15.6. The number of ether oxygens (including phenoxy) is 1. The molecule has 178 valence electrons. The van der Waals surface area contributed by atoms with Gasteiger partial charge in [-0.25, -0.2) is 17.6 Å². The Labute approximate surface area is 194 Å². The minimum absolute atomic E-state index is 0.0315. The van der Waals surface area contributed by atoms with Crippen LogP contribution in [-0.4, -0.2) is 43.8 Å². The number of esters is 1. The van der Waals surface area contributed by atoms with E-state index in [1.807, 2.05) is 0 Å². The molecule has 0 spiro atoms. The number of nitrogens with one attached hydrogen (secondary N) is 1. The van der Waals surface area contributed by atoms with Crippen molar-refractivity contribution in [2.24, 2.45) is 0 Å². The Bertz CT molecular complexity index is 1110. The van der Waals surface area contributed by atoms with E-state index in [2.05, 4.69) is 5.32 Å². The van der Waals surface area contributed by atoms with Gasteiger partial charge in [0.05, 0.1) is 16.5 Å². The maximum atomic E-state index is 13.1. The summed E-state index contributed by atoms with van der Waals surface area (Å²) in [7, 11) is -3.71. The molecule has 9 heteroatoms. The van der Waals surface area contributed by atoms with Gasteiger partial charge in [-0.05, 0) is 69.0 Å². The molecule has 1 saturated heterocycles. The first-order valence-corrected chi connectivity index (χ1v) is 12.4. The van der Waals surface area contributed by atoms with E-state index in [-0.39, 0.29) is 16.3 Å². The fourth-order valence-corrected chi connectivity index (χ4v) is 5.22. The zero-order valence-electron chi connectivity index (χ0n) is 19.0. The smallest absolute Gasteiger partial charge is 0.339 e. The third-order valence-corrected chi connectivity index (χ3v) is 7.66. The minimum atomic E-state index is -3.71. The summed E-state index contributed by atoms with van der Waals surface area (Å²) in [4.78, 5) is 25.3. The number of hydrogen-bond donors (Lipinski definition) is 1. The summed E-state index contributed by atoms with van der Waals surface area (Å²) in [6.07, 6.45) is 1.51. The average Bonchev–Trinajstić information content (AvgIpc) is 2.80. The van der Waals surface area contributed by atoms with Crippen molar-refractivity contribution in [3.8, 4) is 0 Å². The highest BCUT2D eigenvalue weighted by Crippen LogP contribution is 2.23. The molecule has 0 saturated carbocycles. The van der Waals surface area contributed by atoms with Gasteiger partial charge in [-0.2, -0.15) is 4.31 Å². The van der Waals surface area contributed by atoms with E-state index in [9.17, 15) is 22.4 Å². The van der Waals surface area contributed by atoms with Crippen LogP contribution in [-0.2, 0) is 19.6 Å². The van der Waals surface area contributed by atoms with Gasteiger partial charge in [-0.3, -0.25) is 4.79 Å². The monoisotopic (exact) mass is 476 g/mol. The number of nitrogens with zero attached hydrogens (tertiary/aromatic N) is 1. The molecule has 7 nitrogen and oxygen atoms in total. The van der Waals surface area contributed by atoms with Crippen LogP contribution in [0.4, 0.5) is 4.39 Å². The van der Waals surface area contributed by atoms with Gasteiger partial charge >= 0.3 is 5.97 Å². The zero-order chi connectivity index (χ0) is 24.2. The molecule has 1 fully saturated rings. The van der Waals surface area contributed by atoms with Crippen molar-refractivity contribution in [2.45, 2.75) is 57.1 Å². The van der Waals surface area contributed by atoms with Crippen LogP contribution in [0.15, 0.2) is 47.4 Å². The highest BCUT2D eigenvalue weighted by Gasteiger charge is 2.28. The van der Waals surface area contributed by atoms with E-state index in [0.29, 0.717) is 24.2 Å². The Hall–Kier alpha value is -2.78. The SMILES string of the molecule is Cc1ccc(S(=O)(=O)N2CCCCC2)cc1C(=O)O[C@@H](C)C(=O)N[C@@H](C)c1ccc(F)cc1. The quantitative estimate of drug-likeness (QED) is 0.615. The van der Waals surface area contributed by atoms with Crippen LogP contribution in [0.5, 0.6) is 0 Å². The first-order valence-electron chi connectivity index (χ1n) is 11.0.